The number of benzene rings is 1. The predicted octanol–water partition coefficient (Wildman–Crippen LogP) is 1.56. The van der Waals surface area contributed by atoms with Crippen LogP contribution in [0.5, 0.6) is 0 Å². The van der Waals surface area contributed by atoms with E-state index in [4.69, 9.17) is 0 Å². The fourth-order valence-electron chi connectivity index (χ4n) is 1.59. The van der Waals surface area contributed by atoms with Gasteiger partial charge < -0.3 is 10.2 Å². The summed E-state index contributed by atoms with van der Waals surface area (Å²) >= 11 is 0. The molecule has 0 atom stereocenters. The van der Waals surface area contributed by atoms with Crippen molar-refractivity contribution in [2.75, 3.05) is 19.6 Å². The minimum atomic E-state index is -0.931. The van der Waals surface area contributed by atoms with Crippen molar-refractivity contribution in [2.45, 2.75) is 13.8 Å². The smallest absolute Gasteiger partial charge is 0.257 e. The zero-order chi connectivity index (χ0) is 14.4. The van der Waals surface area contributed by atoms with Crippen LogP contribution in [-0.4, -0.2) is 36.3 Å². The van der Waals surface area contributed by atoms with Crippen molar-refractivity contribution in [3.63, 3.8) is 0 Å². The van der Waals surface area contributed by atoms with E-state index < -0.39 is 17.5 Å². The van der Waals surface area contributed by atoms with Gasteiger partial charge in [-0.1, -0.05) is 0 Å². The maximum atomic E-state index is 13.5. The first-order chi connectivity index (χ1) is 8.99. The number of nitrogens with one attached hydrogen (secondary N) is 1. The van der Waals surface area contributed by atoms with Crippen molar-refractivity contribution >= 4 is 11.8 Å². The van der Waals surface area contributed by atoms with Crippen LogP contribution in [0.2, 0.25) is 0 Å². The average Bonchev–Trinajstić information content (AvgIpc) is 2.35. The number of carbonyl (C=O) groups excluding carboxylic acids is 2. The van der Waals surface area contributed by atoms with Crippen LogP contribution in [0.3, 0.4) is 0 Å². The first kappa shape index (κ1) is 15.1. The third-order valence-electron chi connectivity index (χ3n) is 2.54. The number of amides is 2. The van der Waals surface area contributed by atoms with Crippen LogP contribution in [0.25, 0.3) is 0 Å². The maximum Gasteiger partial charge on any atom is 0.257 e. The highest BCUT2D eigenvalue weighted by atomic mass is 19.1. The summed E-state index contributed by atoms with van der Waals surface area (Å²) in [6.45, 7) is 4.00. The second-order valence-electron chi connectivity index (χ2n) is 3.90. The minimum Gasteiger partial charge on any atom is -0.355 e. The molecule has 0 heterocycles. The quantitative estimate of drug-likeness (QED) is 0.882. The topological polar surface area (TPSA) is 49.4 Å². The molecule has 0 radical (unpaired) electrons. The first-order valence-electron chi connectivity index (χ1n) is 6.00. The molecule has 1 aromatic rings. The van der Waals surface area contributed by atoms with Gasteiger partial charge >= 0.3 is 0 Å². The molecule has 0 saturated heterocycles. The second kappa shape index (κ2) is 6.82. The Bertz CT molecular complexity index is 478. The molecular weight excluding hydrogens is 254 g/mol. The van der Waals surface area contributed by atoms with Gasteiger partial charge in [0.05, 0.1) is 12.1 Å². The van der Waals surface area contributed by atoms with E-state index in [1.807, 2.05) is 0 Å². The van der Waals surface area contributed by atoms with Gasteiger partial charge in [0, 0.05) is 19.2 Å². The van der Waals surface area contributed by atoms with Crippen molar-refractivity contribution in [3.05, 3.63) is 35.4 Å². The van der Waals surface area contributed by atoms with Crippen molar-refractivity contribution in [2.24, 2.45) is 0 Å². The highest BCUT2D eigenvalue weighted by Crippen LogP contribution is 2.12. The molecule has 1 aromatic carbocycles. The molecule has 0 bridgehead atoms. The Kier molecular flexibility index (Phi) is 5.41. The van der Waals surface area contributed by atoms with Gasteiger partial charge in [0.15, 0.2) is 0 Å². The Morgan fingerprint density at radius 1 is 1.26 bits per heavy atom. The lowest BCUT2D eigenvalue weighted by Gasteiger charge is -2.20. The van der Waals surface area contributed by atoms with Gasteiger partial charge in [-0.05, 0) is 26.0 Å². The third-order valence-corrected chi connectivity index (χ3v) is 2.54. The summed E-state index contributed by atoms with van der Waals surface area (Å²) in [5.41, 5.74) is -0.243. The Morgan fingerprint density at radius 3 is 2.47 bits per heavy atom. The summed E-state index contributed by atoms with van der Waals surface area (Å²) in [5, 5.41) is 2.55. The second-order valence-corrected chi connectivity index (χ2v) is 3.90. The van der Waals surface area contributed by atoms with Crippen molar-refractivity contribution in [3.8, 4) is 0 Å². The largest absolute Gasteiger partial charge is 0.355 e. The molecule has 6 heteroatoms. The average molecular weight is 270 g/mol. The number of halogens is 2. The van der Waals surface area contributed by atoms with Crippen LogP contribution in [0, 0.1) is 11.6 Å². The fourth-order valence-corrected chi connectivity index (χ4v) is 1.59. The molecule has 19 heavy (non-hydrogen) atoms. The molecule has 0 aromatic heterocycles. The van der Waals surface area contributed by atoms with Gasteiger partial charge in [0.25, 0.3) is 5.91 Å². The van der Waals surface area contributed by atoms with Crippen LogP contribution in [0.1, 0.15) is 24.2 Å². The van der Waals surface area contributed by atoms with Gasteiger partial charge in [-0.3, -0.25) is 9.59 Å². The van der Waals surface area contributed by atoms with Crippen LogP contribution in [-0.2, 0) is 4.79 Å². The minimum absolute atomic E-state index is 0.153. The fraction of sp³-hybridized carbons (Fsp3) is 0.385. The monoisotopic (exact) mass is 270 g/mol. The summed E-state index contributed by atoms with van der Waals surface area (Å²) < 4.78 is 26.3. The molecular formula is C13H16F2N2O2. The van der Waals surface area contributed by atoms with E-state index in [2.05, 4.69) is 5.32 Å². The normalized spacial score (nSPS) is 10.1. The number of hydrogen-bond donors (Lipinski definition) is 1. The SMILES string of the molecule is CCNC(=O)CN(CC)C(=O)c1ccc(F)cc1F. The Balaban J connectivity index is 2.86. The summed E-state index contributed by atoms with van der Waals surface area (Å²) in [6, 6.07) is 2.73. The standard InChI is InChI=1S/C13H16F2N2O2/c1-3-16-12(18)8-17(4-2)13(19)10-6-5-9(14)7-11(10)15/h5-7H,3-4,8H2,1-2H3,(H,16,18). The molecule has 104 valence electrons. The number of carbonyl (C=O) groups is 2. The van der Waals surface area contributed by atoms with E-state index in [9.17, 15) is 18.4 Å². The zero-order valence-corrected chi connectivity index (χ0v) is 10.9. The highest BCUT2D eigenvalue weighted by Gasteiger charge is 2.20. The molecule has 0 aliphatic carbocycles. The predicted molar refractivity (Wildman–Crippen MR) is 66.6 cm³/mol. The summed E-state index contributed by atoms with van der Waals surface area (Å²) in [4.78, 5) is 24.7. The number of rotatable bonds is 5. The van der Waals surface area contributed by atoms with Crippen molar-refractivity contribution in [1.29, 1.82) is 0 Å². The lowest BCUT2D eigenvalue weighted by Crippen LogP contribution is -2.40. The summed E-state index contributed by atoms with van der Waals surface area (Å²) in [6.07, 6.45) is 0. The molecule has 0 saturated carbocycles. The molecule has 1 N–H and O–H groups in total. The molecule has 0 unspecified atom stereocenters. The van der Waals surface area contributed by atoms with Gasteiger partial charge in [-0.25, -0.2) is 8.78 Å². The Morgan fingerprint density at radius 2 is 1.95 bits per heavy atom. The van der Waals surface area contributed by atoms with Gasteiger partial charge in [-0.2, -0.15) is 0 Å². The maximum absolute atomic E-state index is 13.5. The molecule has 2 amide bonds. The van der Waals surface area contributed by atoms with E-state index in [1.54, 1.807) is 13.8 Å². The number of hydrogen-bond acceptors (Lipinski definition) is 2. The van der Waals surface area contributed by atoms with Gasteiger partial charge in [-0.15, -0.1) is 0 Å². The number of nitrogens with zero attached hydrogens (tertiary/aromatic N) is 1. The van der Waals surface area contributed by atoms with Gasteiger partial charge in [0.1, 0.15) is 11.6 Å². The zero-order valence-electron chi connectivity index (χ0n) is 10.9. The summed E-state index contributed by atoms with van der Waals surface area (Å²) in [5.74, 6) is -2.63. The van der Waals surface area contributed by atoms with E-state index in [0.717, 1.165) is 12.1 Å². The van der Waals surface area contributed by atoms with Gasteiger partial charge in [0.2, 0.25) is 5.91 Å². The van der Waals surface area contributed by atoms with Crippen LogP contribution in [0.4, 0.5) is 8.78 Å². The highest BCUT2D eigenvalue weighted by molar-refractivity contribution is 5.96. The van der Waals surface area contributed by atoms with E-state index in [-0.39, 0.29) is 24.6 Å². The molecule has 4 nitrogen and oxygen atoms in total. The van der Waals surface area contributed by atoms with Crippen LogP contribution in [0.15, 0.2) is 18.2 Å². The third kappa shape index (κ3) is 4.01. The Hall–Kier alpha value is -1.98. The lowest BCUT2D eigenvalue weighted by molar-refractivity contribution is -0.121. The molecule has 1 rings (SSSR count). The summed E-state index contributed by atoms with van der Waals surface area (Å²) in [7, 11) is 0. The first-order valence-corrected chi connectivity index (χ1v) is 6.00. The van der Waals surface area contributed by atoms with E-state index >= 15 is 0 Å². The van der Waals surface area contributed by atoms with E-state index in [1.165, 1.54) is 4.90 Å². The van der Waals surface area contributed by atoms with E-state index in [0.29, 0.717) is 12.6 Å². The van der Waals surface area contributed by atoms with Crippen molar-refractivity contribution in [1.82, 2.24) is 10.2 Å². The molecule has 0 aliphatic rings. The molecule has 0 spiro atoms. The van der Waals surface area contributed by atoms with Crippen molar-refractivity contribution < 1.29 is 18.4 Å². The Labute approximate surface area is 110 Å². The molecule has 0 aliphatic heterocycles. The number of likely N-dealkylation sites (N-methyl/N-ethyl adjacent to an activating group) is 2. The lowest BCUT2D eigenvalue weighted by atomic mass is 10.1. The molecule has 0 fully saturated rings. The van der Waals surface area contributed by atoms with Crippen LogP contribution < -0.4 is 5.32 Å². The van der Waals surface area contributed by atoms with Crippen LogP contribution >= 0.6 is 0 Å².